The van der Waals surface area contributed by atoms with Crippen LogP contribution in [0.15, 0.2) is 63.4 Å². The highest BCUT2D eigenvalue weighted by molar-refractivity contribution is 8.03. The Bertz CT molecular complexity index is 691. The van der Waals surface area contributed by atoms with Gasteiger partial charge in [0.25, 0.3) is 0 Å². The molecule has 0 aromatic heterocycles. The first-order valence-electron chi connectivity index (χ1n) is 10.2. The summed E-state index contributed by atoms with van der Waals surface area (Å²) in [6.07, 6.45) is 12.0. The molecule has 3 nitrogen and oxygen atoms in total. The minimum atomic E-state index is 0.740. The van der Waals surface area contributed by atoms with Gasteiger partial charge in [0.15, 0.2) is 0 Å². The van der Waals surface area contributed by atoms with Crippen molar-refractivity contribution < 1.29 is 0 Å². The maximum Gasteiger partial charge on any atom is 0.0564 e. The van der Waals surface area contributed by atoms with Gasteiger partial charge in [0.2, 0.25) is 0 Å². The summed E-state index contributed by atoms with van der Waals surface area (Å²) in [5.41, 5.74) is 8.30. The fourth-order valence-corrected chi connectivity index (χ4v) is 4.83. The van der Waals surface area contributed by atoms with Crippen molar-refractivity contribution in [2.75, 3.05) is 43.9 Å². The second kappa shape index (κ2) is 12.4. The normalized spacial score (nSPS) is 15.8. The lowest BCUT2D eigenvalue weighted by Gasteiger charge is -2.35. The Labute approximate surface area is 180 Å². The second-order valence-electron chi connectivity index (χ2n) is 6.93. The summed E-state index contributed by atoms with van der Waals surface area (Å²) in [6, 6.07) is 6.76. The number of nitrogens with two attached hydrogens (primary N) is 1. The molecule has 0 amide bonds. The van der Waals surface area contributed by atoms with Crippen molar-refractivity contribution >= 4 is 29.2 Å². The van der Waals surface area contributed by atoms with Gasteiger partial charge in [-0.1, -0.05) is 37.4 Å². The average molecular weight is 418 g/mol. The molecule has 1 aromatic carbocycles. The van der Waals surface area contributed by atoms with E-state index in [-0.39, 0.29) is 0 Å². The monoisotopic (exact) mass is 417 g/mol. The van der Waals surface area contributed by atoms with Crippen LogP contribution in [-0.2, 0) is 0 Å². The zero-order valence-corrected chi connectivity index (χ0v) is 19.2. The van der Waals surface area contributed by atoms with Crippen molar-refractivity contribution in [2.24, 2.45) is 5.73 Å². The minimum absolute atomic E-state index is 0.740. The highest BCUT2D eigenvalue weighted by Gasteiger charge is 2.24. The number of thioether (sulfide) groups is 2. The van der Waals surface area contributed by atoms with E-state index >= 15 is 0 Å². The third-order valence-corrected chi connectivity index (χ3v) is 6.55. The zero-order valence-electron chi connectivity index (χ0n) is 17.6. The molecule has 28 heavy (non-hydrogen) atoms. The molecule has 1 aliphatic rings. The highest BCUT2D eigenvalue weighted by Crippen LogP contribution is 2.46. The van der Waals surface area contributed by atoms with Crippen molar-refractivity contribution in [3.8, 4) is 0 Å². The first-order valence-corrected chi connectivity index (χ1v) is 12.3. The molecule has 0 saturated carbocycles. The van der Waals surface area contributed by atoms with Crippen LogP contribution in [0.1, 0.15) is 33.1 Å². The van der Waals surface area contributed by atoms with E-state index in [1.165, 1.54) is 34.0 Å². The summed E-state index contributed by atoms with van der Waals surface area (Å²) >= 11 is 3.58. The molecular weight excluding hydrogens is 382 g/mol. The second-order valence-corrected chi connectivity index (χ2v) is 8.94. The number of fused-ring (bicyclic) bond motifs is 1. The molecule has 2 N–H and O–H groups in total. The zero-order chi connectivity index (χ0) is 20.4. The average Bonchev–Trinajstić information content (AvgIpc) is 2.70. The van der Waals surface area contributed by atoms with E-state index in [0.29, 0.717) is 0 Å². The Kier molecular flexibility index (Phi) is 10.3. The van der Waals surface area contributed by atoms with E-state index in [1.54, 1.807) is 23.5 Å². The number of nitrogens with zero attached hydrogens (tertiary/aromatic N) is 2. The molecule has 1 aliphatic heterocycles. The molecular formula is C23H35N3S2. The molecule has 0 unspecified atom stereocenters. The summed E-state index contributed by atoms with van der Waals surface area (Å²) in [6.45, 7) is 13.6. The van der Waals surface area contributed by atoms with Crippen LogP contribution < -0.4 is 10.6 Å². The molecule has 0 atom stereocenters. The van der Waals surface area contributed by atoms with Crippen LogP contribution in [-0.4, -0.2) is 43.9 Å². The van der Waals surface area contributed by atoms with Gasteiger partial charge in [0, 0.05) is 34.3 Å². The lowest BCUT2D eigenvalue weighted by molar-refractivity contribution is 0.276. The van der Waals surface area contributed by atoms with E-state index in [2.05, 4.69) is 72.9 Å². The third kappa shape index (κ3) is 6.45. The summed E-state index contributed by atoms with van der Waals surface area (Å²) in [5, 5.41) is 0. The molecule has 0 aliphatic carbocycles. The third-order valence-electron chi connectivity index (χ3n) is 4.80. The van der Waals surface area contributed by atoms with Gasteiger partial charge in [-0.05, 0) is 69.8 Å². The maximum absolute atomic E-state index is 5.76. The Hall–Kier alpha value is -1.14. The van der Waals surface area contributed by atoms with Crippen molar-refractivity contribution in [2.45, 2.75) is 42.9 Å². The van der Waals surface area contributed by atoms with Crippen LogP contribution in [0.4, 0.5) is 5.69 Å². The number of hydrogen-bond donors (Lipinski definition) is 1. The van der Waals surface area contributed by atoms with Crippen LogP contribution >= 0.6 is 23.5 Å². The van der Waals surface area contributed by atoms with Crippen molar-refractivity contribution in [3.63, 3.8) is 0 Å². The Balaban J connectivity index is 2.14. The SMILES string of the molecule is C=C1Sc2ccc(SC)cc2N(CCCCN(CCC)CCN)C1=CC=CC. The first-order chi connectivity index (χ1) is 13.6. The Morgan fingerprint density at radius 2 is 2.07 bits per heavy atom. The number of anilines is 1. The summed E-state index contributed by atoms with van der Waals surface area (Å²) < 4.78 is 0. The Morgan fingerprint density at radius 3 is 2.75 bits per heavy atom. The standard InChI is InChI=1S/C23H35N3S2/c1-5-7-10-21-19(3)28-23-12-11-20(27-4)18-22(23)26(21)16-9-8-15-25(14-6-2)17-13-24/h5,7,10-12,18H,3,6,8-9,13-17,24H2,1-2,4H3. The predicted molar refractivity (Wildman–Crippen MR) is 128 cm³/mol. The first kappa shape index (κ1) is 23.1. The number of unbranched alkanes of at least 4 members (excludes halogenated alkanes) is 1. The van der Waals surface area contributed by atoms with Gasteiger partial charge >= 0.3 is 0 Å². The van der Waals surface area contributed by atoms with Gasteiger partial charge in [-0.2, -0.15) is 0 Å². The number of benzene rings is 1. The summed E-state index contributed by atoms with van der Waals surface area (Å²) in [5.74, 6) is 0. The molecule has 2 rings (SSSR count). The smallest absolute Gasteiger partial charge is 0.0564 e. The van der Waals surface area contributed by atoms with Crippen molar-refractivity contribution in [1.29, 1.82) is 0 Å². The van der Waals surface area contributed by atoms with Gasteiger partial charge in [0.1, 0.15) is 0 Å². The lowest BCUT2D eigenvalue weighted by Crippen LogP contribution is -2.32. The molecule has 0 bridgehead atoms. The largest absolute Gasteiger partial charge is 0.340 e. The van der Waals surface area contributed by atoms with Crippen LogP contribution in [0.2, 0.25) is 0 Å². The van der Waals surface area contributed by atoms with Crippen LogP contribution in [0.25, 0.3) is 0 Å². The van der Waals surface area contributed by atoms with Gasteiger partial charge in [0.05, 0.1) is 11.4 Å². The lowest BCUT2D eigenvalue weighted by atomic mass is 10.2. The van der Waals surface area contributed by atoms with E-state index in [0.717, 1.165) is 44.0 Å². The predicted octanol–water partition coefficient (Wildman–Crippen LogP) is 5.75. The topological polar surface area (TPSA) is 32.5 Å². The van der Waals surface area contributed by atoms with Gasteiger partial charge < -0.3 is 15.5 Å². The van der Waals surface area contributed by atoms with Gasteiger partial charge in [-0.3, -0.25) is 0 Å². The molecule has 0 saturated heterocycles. The van der Waals surface area contributed by atoms with E-state index in [9.17, 15) is 0 Å². The molecule has 1 heterocycles. The maximum atomic E-state index is 5.76. The van der Waals surface area contributed by atoms with Gasteiger partial charge in [-0.25, -0.2) is 0 Å². The molecule has 0 fully saturated rings. The molecule has 5 heteroatoms. The van der Waals surface area contributed by atoms with E-state index in [1.807, 2.05) is 0 Å². The van der Waals surface area contributed by atoms with Crippen LogP contribution in [0.3, 0.4) is 0 Å². The van der Waals surface area contributed by atoms with Crippen molar-refractivity contribution in [3.05, 3.63) is 53.6 Å². The molecule has 0 spiro atoms. The molecule has 1 aromatic rings. The summed E-state index contributed by atoms with van der Waals surface area (Å²) in [7, 11) is 0. The number of allylic oxidation sites excluding steroid dienone is 3. The fraction of sp³-hybridized carbons (Fsp3) is 0.478. The molecule has 0 radical (unpaired) electrons. The van der Waals surface area contributed by atoms with E-state index in [4.69, 9.17) is 5.73 Å². The van der Waals surface area contributed by atoms with Crippen LogP contribution in [0.5, 0.6) is 0 Å². The highest BCUT2D eigenvalue weighted by atomic mass is 32.2. The number of rotatable bonds is 11. The Morgan fingerprint density at radius 1 is 1.25 bits per heavy atom. The van der Waals surface area contributed by atoms with Gasteiger partial charge in [-0.15, -0.1) is 11.8 Å². The molecule has 154 valence electrons. The number of hydrogen-bond acceptors (Lipinski definition) is 5. The van der Waals surface area contributed by atoms with Crippen molar-refractivity contribution in [1.82, 2.24) is 4.90 Å². The minimum Gasteiger partial charge on any atom is -0.340 e. The quantitative estimate of drug-likeness (QED) is 0.366. The summed E-state index contributed by atoms with van der Waals surface area (Å²) in [4.78, 5) is 8.68. The van der Waals surface area contributed by atoms with E-state index < -0.39 is 0 Å². The van der Waals surface area contributed by atoms with Crippen LogP contribution in [0, 0.1) is 0 Å². The fourth-order valence-electron chi connectivity index (χ4n) is 3.44.